The zero-order valence-corrected chi connectivity index (χ0v) is 22.9. The van der Waals surface area contributed by atoms with Crippen molar-refractivity contribution in [2.24, 2.45) is 28.6 Å². The van der Waals surface area contributed by atoms with Crippen LogP contribution in [0.1, 0.15) is 71.6 Å². The fourth-order valence-electron chi connectivity index (χ4n) is 9.76. The minimum absolute atomic E-state index is 0.0851. The smallest absolute Gasteiger partial charge is 0.187 e. The molecule has 7 nitrogen and oxygen atoms in total. The van der Waals surface area contributed by atoms with Crippen LogP contribution in [0.25, 0.3) is 0 Å². The molecular formula is C31H39FN2O5. The zero-order chi connectivity index (χ0) is 27.2. The number of aliphatic hydroxyl groups is 1. The lowest BCUT2D eigenvalue weighted by Gasteiger charge is -2.62. The number of ketones is 2. The molecule has 5 fully saturated rings. The second kappa shape index (κ2) is 8.67. The third-order valence-corrected chi connectivity index (χ3v) is 11.7. The van der Waals surface area contributed by atoms with Crippen LogP contribution >= 0.6 is 0 Å². The summed E-state index contributed by atoms with van der Waals surface area (Å²) in [6, 6.07) is 0. The van der Waals surface area contributed by atoms with Crippen molar-refractivity contribution in [1.29, 1.82) is 0 Å². The predicted molar refractivity (Wildman–Crippen MR) is 140 cm³/mol. The number of hydrogen-bond acceptors (Lipinski definition) is 6. The van der Waals surface area contributed by atoms with E-state index in [2.05, 4.69) is 4.98 Å². The highest BCUT2D eigenvalue weighted by molar-refractivity contribution is 6.01. The van der Waals surface area contributed by atoms with Crippen molar-refractivity contribution in [2.75, 3.05) is 0 Å². The van der Waals surface area contributed by atoms with E-state index in [-0.39, 0.29) is 36.4 Å². The molecule has 0 amide bonds. The van der Waals surface area contributed by atoms with E-state index in [0.29, 0.717) is 19.3 Å². The number of aliphatic hydroxyl groups excluding tert-OH is 1. The number of nitrogens with zero attached hydrogens (tertiary/aromatic N) is 2. The maximum absolute atomic E-state index is 17.6. The summed E-state index contributed by atoms with van der Waals surface area (Å²) in [5, 5.41) is 11.8. The Kier molecular flexibility index (Phi) is 5.73. The number of imidazole rings is 1. The fraction of sp³-hybridized carbons (Fsp3) is 0.710. The summed E-state index contributed by atoms with van der Waals surface area (Å²) in [5.74, 6) is -0.674. The summed E-state index contributed by atoms with van der Waals surface area (Å²) in [7, 11) is 0. The Morgan fingerprint density at radius 3 is 2.74 bits per heavy atom. The van der Waals surface area contributed by atoms with Crippen LogP contribution in [0.5, 0.6) is 0 Å². The highest BCUT2D eigenvalue weighted by atomic mass is 19.1. The zero-order valence-electron chi connectivity index (χ0n) is 22.9. The molecule has 1 N–H and O–H groups in total. The number of allylic oxidation sites excluding steroid dienone is 4. The number of hydrogen-bond donors (Lipinski definition) is 1. The second-order valence-corrected chi connectivity index (χ2v) is 13.4. The molecule has 0 aromatic carbocycles. The van der Waals surface area contributed by atoms with Crippen LogP contribution in [0.15, 0.2) is 42.5 Å². The van der Waals surface area contributed by atoms with E-state index in [1.165, 1.54) is 12.5 Å². The van der Waals surface area contributed by atoms with Crippen molar-refractivity contribution in [2.45, 2.75) is 108 Å². The van der Waals surface area contributed by atoms with E-state index in [1.54, 1.807) is 35.4 Å². The molecule has 9 atom stereocenters. The van der Waals surface area contributed by atoms with Gasteiger partial charge in [0.25, 0.3) is 0 Å². The van der Waals surface area contributed by atoms with Crippen molar-refractivity contribution in [3.05, 3.63) is 42.5 Å². The molecule has 2 heterocycles. The van der Waals surface area contributed by atoms with Crippen LogP contribution in [0, 0.1) is 28.6 Å². The maximum atomic E-state index is 17.6. The van der Waals surface area contributed by atoms with Crippen molar-refractivity contribution >= 4 is 11.6 Å². The Balaban J connectivity index is 1.29. The van der Waals surface area contributed by atoms with Crippen LogP contribution in [-0.4, -0.2) is 56.0 Å². The Morgan fingerprint density at radius 2 is 2.00 bits per heavy atom. The molecule has 39 heavy (non-hydrogen) atoms. The second-order valence-electron chi connectivity index (χ2n) is 13.4. The van der Waals surface area contributed by atoms with Gasteiger partial charge >= 0.3 is 0 Å². The fourth-order valence-corrected chi connectivity index (χ4v) is 9.76. The molecule has 1 aliphatic heterocycles. The molecule has 0 radical (unpaired) electrons. The molecule has 0 bridgehead atoms. The summed E-state index contributed by atoms with van der Waals surface area (Å²) >= 11 is 0. The SMILES string of the molecule is C[C@]12C=CC(=O)C=C1CC[C@H]1[C@@H]3C[C@@H]4OC(C5CCCCC5)O[C@@]4(C(=O)Cn4ccnc4)[C@@]3(C)C[C@H](O)[C@@]12F. The lowest BCUT2D eigenvalue weighted by Crippen LogP contribution is -2.69. The lowest BCUT2D eigenvalue weighted by atomic mass is 9.44. The first kappa shape index (κ1) is 25.8. The van der Waals surface area contributed by atoms with E-state index in [1.807, 2.05) is 13.8 Å². The van der Waals surface area contributed by atoms with Gasteiger partial charge in [-0.3, -0.25) is 9.59 Å². The molecule has 7 rings (SSSR count). The van der Waals surface area contributed by atoms with Gasteiger partial charge in [0.1, 0.15) is 0 Å². The van der Waals surface area contributed by atoms with Gasteiger partial charge in [0, 0.05) is 35.1 Å². The third kappa shape index (κ3) is 3.28. The number of rotatable bonds is 4. The van der Waals surface area contributed by atoms with Gasteiger partial charge < -0.3 is 19.1 Å². The lowest BCUT2D eigenvalue weighted by molar-refractivity contribution is -0.235. The number of carbonyl (C=O) groups excluding carboxylic acids is 2. The van der Waals surface area contributed by atoms with Crippen LogP contribution in [0.3, 0.4) is 0 Å². The van der Waals surface area contributed by atoms with Gasteiger partial charge in [0.15, 0.2) is 29.1 Å². The number of alkyl halides is 1. The summed E-state index contributed by atoms with van der Waals surface area (Å²) in [6.07, 6.45) is 14.7. The Hall–Kier alpha value is -2.16. The molecule has 8 heteroatoms. The van der Waals surface area contributed by atoms with Crippen molar-refractivity contribution in [1.82, 2.24) is 9.55 Å². The molecule has 1 aromatic heterocycles. The van der Waals surface area contributed by atoms with Gasteiger partial charge in [-0.05, 0) is 63.5 Å². The van der Waals surface area contributed by atoms with Crippen LogP contribution in [0.2, 0.25) is 0 Å². The molecule has 1 aromatic rings. The van der Waals surface area contributed by atoms with Gasteiger partial charge in [-0.15, -0.1) is 0 Å². The third-order valence-electron chi connectivity index (χ3n) is 11.7. The van der Waals surface area contributed by atoms with Crippen molar-refractivity contribution in [3.8, 4) is 0 Å². The van der Waals surface area contributed by atoms with Crippen molar-refractivity contribution < 1.29 is 28.6 Å². The number of carbonyl (C=O) groups is 2. The molecule has 0 spiro atoms. The molecular weight excluding hydrogens is 499 g/mol. The van der Waals surface area contributed by atoms with Gasteiger partial charge in [0.05, 0.1) is 25.1 Å². The molecule has 1 saturated heterocycles. The first-order chi connectivity index (χ1) is 18.6. The molecule has 1 unspecified atom stereocenters. The van der Waals surface area contributed by atoms with Gasteiger partial charge in [-0.25, -0.2) is 9.37 Å². The van der Waals surface area contributed by atoms with E-state index in [9.17, 15) is 14.7 Å². The standard InChI is InChI=1S/C31H39FN2O5/c1-28-11-10-21(35)14-20(28)8-9-22-23-15-26-31(25(37)17-34-13-12-33-18-34,29(23,2)16-24(36)30(22,28)32)39-27(38-26)19-6-4-3-5-7-19/h10-14,18-19,22-24,26-27,36H,3-9,15-17H2,1-2H3/t22-,23-,24-,26-,27?,28-,29-,30-,31+/m0/s1. The number of aromatic nitrogens is 2. The minimum atomic E-state index is -1.95. The van der Waals surface area contributed by atoms with Crippen LogP contribution < -0.4 is 0 Å². The molecule has 6 aliphatic rings. The topological polar surface area (TPSA) is 90.7 Å². The number of halogens is 1. The molecule has 5 aliphatic carbocycles. The van der Waals surface area contributed by atoms with E-state index in [0.717, 1.165) is 31.3 Å². The summed E-state index contributed by atoms with van der Waals surface area (Å²) in [5.41, 5.74) is -4.33. The Labute approximate surface area is 228 Å². The highest BCUT2D eigenvalue weighted by Crippen LogP contribution is 2.72. The maximum Gasteiger partial charge on any atom is 0.187 e. The first-order valence-corrected chi connectivity index (χ1v) is 14.8. The Morgan fingerprint density at radius 1 is 1.21 bits per heavy atom. The quantitative estimate of drug-likeness (QED) is 0.608. The number of Topliss-reactive ketones (excluding diaryl/α,β-unsaturated/α-hetero) is 1. The van der Waals surface area contributed by atoms with Crippen LogP contribution in [-0.2, 0) is 25.6 Å². The molecule has 4 saturated carbocycles. The Bertz CT molecular complexity index is 1240. The summed E-state index contributed by atoms with van der Waals surface area (Å²) < 4.78 is 32.9. The van der Waals surface area contributed by atoms with E-state index < -0.39 is 46.5 Å². The van der Waals surface area contributed by atoms with Crippen LogP contribution in [0.4, 0.5) is 4.39 Å². The van der Waals surface area contributed by atoms with Gasteiger partial charge in [0.2, 0.25) is 0 Å². The minimum Gasteiger partial charge on any atom is -0.390 e. The first-order valence-electron chi connectivity index (χ1n) is 14.8. The van der Waals surface area contributed by atoms with Gasteiger partial charge in [-0.1, -0.05) is 37.8 Å². The number of ether oxygens (including phenoxy) is 2. The molecule has 210 valence electrons. The average molecular weight is 539 g/mol. The van der Waals surface area contributed by atoms with Gasteiger partial charge in [-0.2, -0.15) is 0 Å². The van der Waals surface area contributed by atoms with Crippen molar-refractivity contribution in [3.63, 3.8) is 0 Å². The average Bonchev–Trinajstić information content (AvgIpc) is 3.62. The van der Waals surface area contributed by atoms with E-state index in [4.69, 9.17) is 9.47 Å². The number of fused-ring (bicyclic) bond motifs is 7. The normalized spacial score (nSPS) is 47.2. The summed E-state index contributed by atoms with van der Waals surface area (Å²) in [6.45, 7) is 3.95. The highest BCUT2D eigenvalue weighted by Gasteiger charge is 2.79. The largest absolute Gasteiger partial charge is 0.390 e. The monoisotopic (exact) mass is 538 g/mol. The predicted octanol–water partition coefficient (Wildman–Crippen LogP) is 4.49. The summed E-state index contributed by atoms with van der Waals surface area (Å²) in [4.78, 5) is 30.7. The van der Waals surface area contributed by atoms with E-state index >= 15 is 4.39 Å².